The van der Waals surface area contributed by atoms with Gasteiger partial charge in [0.2, 0.25) is 0 Å². The highest BCUT2D eigenvalue weighted by Crippen LogP contribution is 2.24. The van der Waals surface area contributed by atoms with E-state index in [0.29, 0.717) is 28.5 Å². The molecular formula is C17H19NO2. The first-order chi connectivity index (χ1) is 9.52. The van der Waals surface area contributed by atoms with Gasteiger partial charge in [-0.05, 0) is 29.7 Å². The lowest BCUT2D eigenvalue weighted by atomic mass is 9.98. The molecule has 0 amide bonds. The Labute approximate surface area is 119 Å². The molecule has 0 bridgehead atoms. The van der Waals surface area contributed by atoms with Crippen LogP contribution in [0.4, 0.5) is 5.69 Å². The van der Waals surface area contributed by atoms with Crippen molar-refractivity contribution in [3.05, 3.63) is 59.2 Å². The monoisotopic (exact) mass is 269 g/mol. The van der Waals surface area contributed by atoms with Gasteiger partial charge >= 0.3 is 0 Å². The molecular weight excluding hydrogens is 250 g/mol. The lowest BCUT2D eigenvalue weighted by molar-refractivity contribution is 0.103. The van der Waals surface area contributed by atoms with E-state index < -0.39 is 0 Å². The molecule has 0 aliphatic heterocycles. The number of rotatable bonds is 4. The van der Waals surface area contributed by atoms with Gasteiger partial charge < -0.3 is 10.5 Å². The largest absolute Gasteiger partial charge is 0.495 e. The number of hydrogen-bond acceptors (Lipinski definition) is 3. The number of carbonyl (C=O) groups excluding carboxylic acids is 1. The minimum atomic E-state index is -0.0291. The summed E-state index contributed by atoms with van der Waals surface area (Å²) in [5, 5.41) is 0. The molecule has 2 N–H and O–H groups in total. The van der Waals surface area contributed by atoms with Crippen molar-refractivity contribution in [2.24, 2.45) is 0 Å². The number of anilines is 1. The second-order valence-corrected chi connectivity index (χ2v) is 5.06. The highest BCUT2D eigenvalue weighted by molar-refractivity contribution is 6.09. The highest BCUT2D eigenvalue weighted by Gasteiger charge is 2.11. The van der Waals surface area contributed by atoms with Gasteiger partial charge in [0.15, 0.2) is 5.78 Å². The fourth-order valence-corrected chi connectivity index (χ4v) is 2.04. The van der Waals surface area contributed by atoms with Crippen LogP contribution >= 0.6 is 0 Å². The van der Waals surface area contributed by atoms with Gasteiger partial charge in [-0.2, -0.15) is 0 Å². The van der Waals surface area contributed by atoms with Gasteiger partial charge in [-0.3, -0.25) is 4.79 Å². The Morgan fingerprint density at radius 3 is 2.20 bits per heavy atom. The van der Waals surface area contributed by atoms with Crippen molar-refractivity contribution in [3.8, 4) is 5.75 Å². The Bertz CT molecular complexity index is 615. The third-order valence-corrected chi connectivity index (χ3v) is 3.34. The van der Waals surface area contributed by atoms with E-state index >= 15 is 0 Å². The minimum Gasteiger partial charge on any atom is -0.495 e. The van der Waals surface area contributed by atoms with Crippen LogP contribution in [0.5, 0.6) is 5.75 Å². The zero-order chi connectivity index (χ0) is 14.7. The zero-order valence-electron chi connectivity index (χ0n) is 12.0. The van der Waals surface area contributed by atoms with Crippen LogP contribution in [0.25, 0.3) is 0 Å². The summed E-state index contributed by atoms with van der Waals surface area (Å²) in [5.74, 6) is 0.948. The molecule has 2 aromatic carbocycles. The number of carbonyl (C=O) groups is 1. The number of ketones is 1. The van der Waals surface area contributed by atoms with E-state index in [1.807, 2.05) is 24.3 Å². The number of ether oxygens (including phenoxy) is 1. The van der Waals surface area contributed by atoms with Crippen LogP contribution in [-0.2, 0) is 0 Å². The van der Waals surface area contributed by atoms with Crippen molar-refractivity contribution in [2.75, 3.05) is 12.8 Å². The van der Waals surface area contributed by atoms with Gasteiger partial charge in [0.25, 0.3) is 0 Å². The summed E-state index contributed by atoms with van der Waals surface area (Å²) in [6.45, 7) is 4.25. The molecule has 0 aliphatic carbocycles. The Hall–Kier alpha value is -2.29. The zero-order valence-corrected chi connectivity index (χ0v) is 12.0. The summed E-state index contributed by atoms with van der Waals surface area (Å²) in [5.41, 5.74) is 8.75. The quantitative estimate of drug-likeness (QED) is 0.681. The van der Waals surface area contributed by atoms with Crippen LogP contribution in [0, 0.1) is 0 Å². The molecule has 0 unspecified atom stereocenters. The number of nitrogen functional groups attached to an aromatic ring is 1. The third-order valence-electron chi connectivity index (χ3n) is 3.34. The van der Waals surface area contributed by atoms with E-state index in [9.17, 15) is 4.79 Å². The summed E-state index contributed by atoms with van der Waals surface area (Å²) < 4.78 is 5.15. The minimum absolute atomic E-state index is 0.0291. The van der Waals surface area contributed by atoms with E-state index in [4.69, 9.17) is 10.5 Å². The van der Waals surface area contributed by atoms with Crippen molar-refractivity contribution in [3.63, 3.8) is 0 Å². The number of nitrogens with two attached hydrogens (primary N) is 1. The second kappa shape index (κ2) is 5.78. The van der Waals surface area contributed by atoms with Crippen molar-refractivity contribution >= 4 is 11.5 Å². The Morgan fingerprint density at radius 1 is 1.05 bits per heavy atom. The van der Waals surface area contributed by atoms with Crippen LogP contribution in [0.1, 0.15) is 41.3 Å². The Kier molecular flexibility index (Phi) is 4.08. The van der Waals surface area contributed by atoms with Gasteiger partial charge in [0.05, 0.1) is 12.8 Å². The van der Waals surface area contributed by atoms with E-state index in [2.05, 4.69) is 13.8 Å². The molecule has 104 valence electrons. The van der Waals surface area contributed by atoms with Crippen LogP contribution in [0.3, 0.4) is 0 Å². The van der Waals surface area contributed by atoms with Crippen LogP contribution in [0.15, 0.2) is 42.5 Å². The maximum absolute atomic E-state index is 12.4. The maximum Gasteiger partial charge on any atom is 0.193 e. The lowest BCUT2D eigenvalue weighted by Crippen LogP contribution is -2.03. The van der Waals surface area contributed by atoms with Gasteiger partial charge in [-0.1, -0.05) is 38.1 Å². The number of methoxy groups -OCH3 is 1. The fraction of sp³-hybridized carbons (Fsp3) is 0.235. The molecule has 0 saturated heterocycles. The maximum atomic E-state index is 12.4. The molecule has 0 radical (unpaired) electrons. The van der Waals surface area contributed by atoms with E-state index in [1.54, 1.807) is 18.2 Å². The molecule has 0 aromatic heterocycles. The predicted molar refractivity (Wildman–Crippen MR) is 81.4 cm³/mol. The van der Waals surface area contributed by atoms with Gasteiger partial charge in [-0.15, -0.1) is 0 Å². The Morgan fingerprint density at radius 2 is 1.65 bits per heavy atom. The molecule has 0 atom stereocenters. The molecule has 2 rings (SSSR count). The standard InChI is InChI=1S/C17H19NO2/c1-11(2)12-4-6-13(7-5-12)17(19)14-8-9-15(18)16(10-14)20-3/h4-11H,18H2,1-3H3. The molecule has 0 saturated carbocycles. The molecule has 3 heteroatoms. The summed E-state index contributed by atoms with van der Waals surface area (Å²) in [6.07, 6.45) is 0. The number of hydrogen-bond donors (Lipinski definition) is 1. The average molecular weight is 269 g/mol. The van der Waals surface area contributed by atoms with Gasteiger partial charge in [-0.25, -0.2) is 0 Å². The van der Waals surface area contributed by atoms with Crippen LogP contribution < -0.4 is 10.5 Å². The fourth-order valence-electron chi connectivity index (χ4n) is 2.04. The molecule has 20 heavy (non-hydrogen) atoms. The summed E-state index contributed by atoms with van der Waals surface area (Å²) in [6, 6.07) is 12.8. The third kappa shape index (κ3) is 2.82. The molecule has 0 fully saturated rings. The average Bonchev–Trinajstić information content (AvgIpc) is 2.47. The Balaban J connectivity index is 2.31. The molecule has 0 heterocycles. The first-order valence-corrected chi connectivity index (χ1v) is 6.61. The van der Waals surface area contributed by atoms with Crippen LogP contribution in [0.2, 0.25) is 0 Å². The number of benzene rings is 2. The molecule has 0 spiro atoms. The van der Waals surface area contributed by atoms with E-state index in [-0.39, 0.29) is 5.78 Å². The van der Waals surface area contributed by atoms with E-state index in [1.165, 1.54) is 12.7 Å². The second-order valence-electron chi connectivity index (χ2n) is 5.06. The van der Waals surface area contributed by atoms with Crippen molar-refractivity contribution in [1.29, 1.82) is 0 Å². The van der Waals surface area contributed by atoms with Crippen molar-refractivity contribution in [1.82, 2.24) is 0 Å². The van der Waals surface area contributed by atoms with Crippen molar-refractivity contribution in [2.45, 2.75) is 19.8 Å². The van der Waals surface area contributed by atoms with Crippen LogP contribution in [-0.4, -0.2) is 12.9 Å². The highest BCUT2D eigenvalue weighted by atomic mass is 16.5. The summed E-state index contributed by atoms with van der Waals surface area (Å²) in [4.78, 5) is 12.4. The molecule has 2 aromatic rings. The van der Waals surface area contributed by atoms with E-state index in [0.717, 1.165) is 0 Å². The first-order valence-electron chi connectivity index (χ1n) is 6.61. The molecule has 3 nitrogen and oxygen atoms in total. The van der Waals surface area contributed by atoms with Crippen molar-refractivity contribution < 1.29 is 9.53 Å². The normalized spacial score (nSPS) is 10.6. The summed E-state index contributed by atoms with van der Waals surface area (Å²) >= 11 is 0. The smallest absolute Gasteiger partial charge is 0.193 e. The van der Waals surface area contributed by atoms with Gasteiger partial charge in [0.1, 0.15) is 5.75 Å². The first kappa shape index (κ1) is 14.1. The summed E-state index contributed by atoms with van der Waals surface area (Å²) in [7, 11) is 1.54. The predicted octanol–water partition coefficient (Wildman–Crippen LogP) is 3.63. The lowest BCUT2D eigenvalue weighted by Gasteiger charge is -2.08. The topological polar surface area (TPSA) is 52.3 Å². The van der Waals surface area contributed by atoms with Gasteiger partial charge in [0, 0.05) is 11.1 Å². The molecule has 0 aliphatic rings. The SMILES string of the molecule is COc1cc(C(=O)c2ccc(C(C)C)cc2)ccc1N.